The van der Waals surface area contributed by atoms with E-state index in [0.29, 0.717) is 5.56 Å². The lowest BCUT2D eigenvalue weighted by atomic mass is 9.96. The normalized spacial score (nSPS) is 12.1. The summed E-state index contributed by atoms with van der Waals surface area (Å²) in [5, 5.41) is 18.0. The predicted molar refractivity (Wildman–Crippen MR) is 60.7 cm³/mol. The van der Waals surface area contributed by atoms with Gasteiger partial charge in [-0.2, -0.15) is 5.26 Å². The Morgan fingerprint density at radius 1 is 1.40 bits per heavy atom. The molecule has 0 fully saturated rings. The first-order valence-electron chi connectivity index (χ1n) is 5.36. The van der Waals surface area contributed by atoms with Crippen molar-refractivity contribution in [1.29, 1.82) is 5.26 Å². The summed E-state index contributed by atoms with van der Waals surface area (Å²) in [6, 6.07) is 8.04. The van der Waals surface area contributed by atoms with Gasteiger partial charge in [-0.1, -0.05) is 26.3 Å². The van der Waals surface area contributed by atoms with Gasteiger partial charge in [-0.25, -0.2) is 0 Å². The summed E-state index contributed by atoms with van der Waals surface area (Å²) in [6.45, 7) is 4.21. The zero-order valence-electron chi connectivity index (χ0n) is 9.33. The standard InChI is InChI=1S/C13H17NO/c1-3-4-11-5-12(8-14)7-13(6-11)10(2)9-15/h5-7,10,15H,3-4,9H2,1-2H3. The SMILES string of the molecule is CCCc1cc(C#N)cc(C(C)CO)c1. The van der Waals surface area contributed by atoms with Crippen LogP contribution in [0.25, 0.3) is 0 Å². The summed E-state index contributed by atoms with van der Waals surface area (Å²) in [6.07, 6.45) is 2.06. The molecule has 0 aromatic heterocycles. The van der Waals surface area contributed by atoms with Crippen molar-refractivity contribution >= 4 is 0 Å². The highest BCUT2D eigenvalue weighted by atomic mass is 16.3. The summed E-state index contributed by atoms with van der Waals surface area (Å²) < 4.78 is 0. The van der Waals surface area contributed by atoms with E-state index in [1.165, 1.54) is 5.56 Å². The van der Waals surface area contributed by atoms with Crippen LogP contribution in [0.15, 0.2) is 18.2 Å². The van der Waals surface area contributed by atoms with Crippen LogP contribution in [-0.2, 0) is 6.42 Å². The smallest absolute Gasteiger partial charge is 0.0991 e. The first-order valence-corrected chi connectivity index (χ1v) is 5.36. The number of rotatable bonds is 4. The van der Waals surface area contributed by atoms with Crippen molar-refractivity contribution in [3.05, 3.63) is 34.9 Å². The van der Waals surface area contributed by atoms with Gasteiger partial charge in [-0.3, -0.25) is 0 Å². The second kappa shape index (κ2) is 5.53. The molecule has 1 aromatic rings. The highest BCUT2D eigenvalue weighted by molar-refractivity contribution is 5.38. The lowest BCUT2D eigenvalue weighted by Gasteiger charge is -2.10. The molecule has 0 aliphatic heterocycles. The van der Waals surface area contributed by atoms with Gasteiger partial charge >= 0.3 is 0 Å². The van der Waals surface area contributed by atoms with Crippen LogP contribution < -0.4 is 0 Å². The van der Waals surface area contributed by atoms with Crippen LogP contribution in [-0.4, -0.2) is 11.7 Å². The molecule has 1 unspecified atom stereocenters. The van der Waals surface area contributed by atoms with Gasteiger partial charge in [0.15, 0.2) is 0 Å². The fourth-order valence-corrected chi connectivity index (χ4v) is 1.61. The molecule has 0 spiro atoms. The van der Waals surface area contributed by atoms with E-state index in [1.807, 2.05) is 19.1 Å². The molecule has 1 atom stereocenters. The van der Waals surface area contributed by atoms with Crippen LogP contribution in [0.4, 0.5) is 0 Å². The second-order valence-corrected chi connectivity index (χ2v) is 3.91. The van der Waals surface area contributed by atoms with Gasteiger partial charge in [0.2, 0.25) is 0 Å². The number of hydrogen-bond acceptors (Lipinski definition) is 2. The number of nitriles is 1. The first kappa shape index (κ1) is 11.7. The second-order valence-electron chi connectivity index (χ2n) is 3.91. The lowest BCUT2D eigenvalue weighted by Crippen LogP contribution is -2.00. The van der Waals surface area contributed by atoms with Gasteiger partial charge in [0.05, 0.1) is 11.6 Å². The van der Waals surface area contributed by atoms with Gasteiger partial charge in [0, 0.05) is 12.5 Å². The minimum Gasteiger partial charge on any atom is -0.396 e. The summed E-state index contributed by atoms with van der Waals surface area (Å²) in [5.41, 5.74) is 2.93. The highest BCUT2D eigenvalue weighted by Crippen LogP contribution is 2.19. The molecular weight excluding hydrogens is 186 g/mol. The predicted octanol–water partition coefficient (Wildman–Crippen LogP) is 2.61. The van der Waals surface area contributed by atoms with Crippen molar-refractivity contribution in [3.8, 4) is 6.07 Å². The number of aliphatic hydroxyl groups excluding tert-OH is 1. The summed E-state index contributed by atoms with van der Waals surface area (Å²) in [7, 11) is 0. The largest absolute Gasteiger partial charge is 0.396 e. The number of benzene rings is 1. The van der Waals surface area contributed by atoms with Crippen LogP contribution in [0.2, 0.25) is 0 Å². The average Bonchev–Trinajstić information content (AvgIpc) is 2.28. The molecule has 0 amide bonds. The maximum Gasteiger partial charge on any atom is 0.0991 e. The zero-order valence-corrected chi connectivity index (χ0v) is 9.33. The van der Waals surface area contributed by atoms with Crippen molar-refractivity contribution < 1.29 is 5.11 Å². The maximum atomic E-state index is 9.09. The van der Waals surface area contributed by atoms with Crippen molar-refractivity contribution in [2.24, 2.45) is 0 Å². The van der Waals surface area contributed by atoms with E-state index in [4.69, 9.17) is 10.4 Å². The Kier molecular flexibility index (Phi) is 4.33. The van der Waals surface area contributed by atoms with Crippen molar-refractivity contribution in [3.63, 3.8) is 0 Å². The zero-order chi connectivity index (χ0) is 11.3. The molecule has 0 heterocycles. The third kappa shape index (κ3) is 3.07. The summed E-state index contributed by atoms with van der Waals surface area (Å²) in [5.74, 6) is 0.105. The molecule has 0 aliphatic rings. The van der Waals surface area contributed by atoms with Gasteiger partial charge in [0.1, 0.15) is 0 Å². The molecule has 0 radical (unpaired) electrons. The lowest BCUT2D eigenvalue weighted by molar-refractivity contribution is 0.273. The molecule has 0 saturated carbocycles. The summed E-state index contributed by atoms with van der Waals surface area (Å²) in [4.78, 5) is 0. The van der Waals surface area contributed by atoms with E-state index < -0.39 is 0 Å². The monoisotopic (exact) mass is 203 g/mol. The minimum atomic E-state index is 0.105. The van der Waals surface area contributed by atoms with E-state index in [-0.39, 0.29) is 12.5 Å². The Labute approximate surface area is 91.2 Å². The van der Waals surface area contributed by atoms with Crippen LogP contribution in [0.1, 0.15) is 42.9 Å². The van der Waals surface area contributed by atoms with Gasteiger partial charge < -0.3 is 5.11 Å². The Hall–Kier alpha value is -1.33. The quantitative estimate of drug-likeness (QED) is 0.817. The molecule has 0 bridgehead atoms. The van der Waals surface area contributed by atoms with Crippen LogP contribution in [0, 0.1) is 11.3 Å². The number of aliphatic hydroxyl groups is 1. The molecule has 2 heteroatoms. The number of hydrogen-bond donors (Lipinski definition) is 1. The molecule has 0 saturated heterocycles. The average molecular weight is 203 g/mol. The van der Waals surface area contributed by atoms with Gasteiger partial charge in [-0.15, -0.1) is 0 Å². The van der Waals surface area contributed by atoms with Crippen LogP contribution >= 0.6 is 0 Å². The van der Waals surface area contributed by atoms with Gasteiger partial charge in [-0.05, 0) is 29.7 Å². The molecule has 1 rings (SSSR count). The fourth-order valence-electron chi connectivity index (χ4n) is 1.61. The van der Waals surface area contributed by atoms with Crippen molar-refractivity contribution in [1.82, 2.24) is 0 Å². The molecular formula is C13H17NO. The van der Waals surface area contributed by atoms with Crippen molar-refractivity contribution in [2.75, 3.05) is 6.61 Å². The Bertz CT molecular complexity index is 365. The third-order valence-electron chi connectivity index (χ3n) is 2.53. The summed E-state index contributed by atoms with van der Waals surface area (Å²) >= 11 is 0. The van der Waals surface area contributed by atoms with Crippen LogP contribution in [0.5, 0.6) is 0 Å². The van der Waals surface area contributed by atoms with E-state index >= 15 is 0 Å². The first-order chi connectivity index (χ1) is 7.21. The molecule has 0 aliphatic carbocycles. The van der Waals surface area contributed by atoms with Crippen LogP contribution in [0.3, 0.4) is 0 Å². The van der Waals surface area contributed by atoms with E-state index in [1.54, 1.807) is 0 Å². The molecule has 1 aromatic carbocycles. The van der Waals surface area contributed by atoms with E-state index in [2.05, 4.69) is 19.1 Å². The van der Waals surface area contributed by atoms with E-state index in [0.717, 1.165) is 18.4 Å². The molecule has 1 N–H and O–H groups in total. The fraction of sp³-hybridized carbons (Fsp3) is 0.462. The molecule has 80 valence electrons. The highest BCUT2D eigenvalue weighted by Gasteiger charge is 2.06. The molecule has 15 heavy (non-hydrogen) atoms. The number of nitrogens with zero attached hydrogens (tertiary/aromatic N) is 1. The minimum absolute atomic E-state index is 0.105. The topological polar surface area (TPSA) is 44.0 Å². The molecule has 2 nitrogen and oxygen atoms in total. The Morgan fingerprint density at radius 3 is 2.67 bits per heavy atom. The van der Waals surface area contributed by atoms with Gasteiger partial charge in [0.25, 0.3) is 0 Å². The maximum absolute atomic E-state index is 9.09. The van der Waals surface area contributed by atoms with Crippen molar-refractivity contribution in [2.45, 2.75) is 32.6 Å². The Morgan fingerprint density at radius 2 is 2.13 bits per heavy atom. The van der Waals surface area contributed by atoms with E-state index in [9.17, 15) is 0 Å². The third-order valence-corrected chi connectivity index (χ3v) is 2.53. The number of aryl methyl sites for hydroxylation is 1. The Balaban J connectivity index is 3.06.